The molecule has 0 atom stereocenters. The van der Waals surface area contributed by atoms with Gasteiger partial charge in [-0.1, -0.05) is 29.8 Å². The normalized spacial score (nSPS) is 10.5. The highest BCUT2D eigenvalue weighted by Crippen LogP contribution is 2.18. The van der Waals surface area contributed by atoms with Crippen molar-refractivity contribution in [3.05, 3.63) is 59.9 Å². The second-order valence-electron chi connectivity index (χ2n) is 5.46. The van der Waals surface area contributed by atoms with Crippen molar-refractivity contribution in [1.29, 1.82) is 0 Å². The molecule has 2 N–H and O–H groups in total. The number of rotatable bonds is 4. The van der Waals surface area contributed by atoms with E-state index in [0.717, 1.165) is 22.2 Å². The molecule has 5 nitrogen and oxygen atoms in total. The number of carbonyl (C=O) groups is 1. The van der Waals surface area contributed by atoms with Gasteiger partial charge in [0.25, 0.3) is 0 Å². The summed E-state index contributed by atoms with van der Waals surface area (Å²) in [6.07, 6.45) is 1.49. The lowest BCUT2D eigenvalue weighted by molar-refractivity contribution is -0.114. The van der Waals surface area contributed by atoms with Gasteiger partial charge >= 0.3 is 0 Å². The average Bonchev–Trinajstić information content (AvgIpc) is 2.55. The lowest BCUT2D eigenvalue weighted by atomic mass is 10.1. The second kappa shape index (κ2) is 6.44. The molecule has 0 saturated carbocycles. The first-order valence-electron chi connectivity index (χ1n) is 7.44. The van der Waals surface area contributed by atoms with Crippen LogP contribution in [0.25, 0.3) is 10.9 Å². The lowest BCUT2D eigenvalue weighted by Crippen LogP contribution is -2.22. The number of nitrogens with zero attached hydrogens (tertiary/aromatic N) is 2. The van der Waals surface area contributed by atoms with Gasteiger partial charge in [0.15, 0.2) is 0 Å². The first-order valence-corrected chi connectivity index (χ1v) is 7.44. The molecule has 0 saturated heterocycles. The van der Waals surface area contributed by atoms with E-state index in [0.29, 0.717) is 5.82 Å². The fourth-order valence-corrected chi connectivity index (χ4v) is 2.46. The smallest absolute Gasteiger partial charge is 0.243 e. The molecule has 0 bridgehead atoms. The Morgan fingerprint density at radius 1 is 1.09 bits per heavy atom. The zero-order valence-corrected chi connectivity index (χ0v) is 13.1. The predicted octanol–water partition coefficient (Wildman–Crippen LogP) is 3.30. The van der Waals surface area contributed by atoms with Gasteiger partial charge in [0.1, 0.15) is 12.1 Å². The summed E-state index contributed by atoms with van der Waals surface area (Å²) >= 11 is 0. The standard InChI is InChI=1S/C18H18N4O/c1-12-7-8-15(13(2)9-12)22-17(23)10-19-18-14-5-3-4-6-16(14)20-11-21-18/h3-9,11H,10H2,1-2H3,(H,22,23)(H,19,20,21). The predicted molar refractivity (Wildman–Crippen MR) is 92.6 cm³/mol. The summed E-state index contributed by atoms with van der Waals surface area (Å²) in [5.41, 5.74) is 3.90. The van der Waals surface area contributed by atoms with Crippen molar-refractivity contribution in [3.63, 3.8) is 0 Å². The third-order valence-electron chi connectivity index (χ3n) is 3.62. The Kier molecular flexibility index (Phi) is 4.19. The molecule has 116 valence electrons. The lowest BCUT2D eigenvalue weighted by Gasteiger charge is -2.11. The van der Waals surface area contributed by atoms with Crippen molar-refractivity contribution in [2.45, 2.75) is 13.8 Å². The van der Waals surface area contributed by atoms with Crippen molar-refractivity contribution in [1.82, 2.24) is 9.97 Å². The zero-order chi connectivity index (χ0) is 16.2. The minimum atomic E-state index is -0.111. The average molecular weight is 306 g/mol. The number of aromatic nitrogens is 2. The van der Waals surface area contributed by atoms with E-state index in [2.05, 4.69) is 20.6 Å². The molecule has 1 heterocycles. The molecule has 3 aromatic rings. The molecule has 1 amide bonds. The van der Waals surface area contributed by atoms with Gasteiger partial charge in [-0.3, -0.25) is 4.79 Å². The Hall–Kier alpha value is -2.95. The topological polar surface area (TPSA) is 66.9 Å². The molecule has 2 aromatic carbocycles. The van der Waals surface area contributed by atoms with Crippen molar-refractivity contribution >= 4 is 28.3 Å². The highest BCUT2D eigenvalue weighted by Gasteiger charge is 2.07. The summed E-state index contributed by atoms with van der Waals surface area (Å²) in [6, 6.07) is 13.6. The molecular weight excluding hydrogens is 288 g/mol. The zero-order valence-electron chi connectivity index (χ0n) is 13.1. The van der Waals surface area contributed by atoms with Crippen molar-refractivity contribution in [2.75, 3.05) is 17.2 Å². The van der Waals surface area contributed by atoms with Gasteiger partial charge in [-0.25, -0.2) is 9.97 Å². The molecule has 1 aromatic heterocycles. The third kappa shape index (κ3) is 3.45. The van der Waals surface area contributed by atoms with Gasteiger partial charge in [-0.15, -0.1) is 0 Å². The molecule has 0 aliphatic carbocycles. The number of amides is 1. The molecule has 23 heavy (non-hydrogen) atoms. The fourth-order valence-electron chi connectivity index (χ4n) is 2.46. The fraction of sp³-hybridized carbons (Fsp3) is 0.167. The number of para-hydroxylation sites is 1. The molecule has 0 aliphatic heterocycles. The van der Waals surface area contributed by atoms with Gasteiger partial charge < -0.3 is 10.6 Å². The molecule has 0 aliphatic rings. The number of hydrogen-bond donors (Lipinski definition) is 2. The van der Waals surface area contributed by atoms with Crippen LogP contribution < -0.4 is 10.6 Å². The molecule has 0 fully saturated rings. The van der Waals surface area contributed by atoms with Crippen LogP contribution in [0, 0.1) is 13.8 Å². The maximum absolute atomic E-state index is 12.1. The van der Waals surface area contributed by atoms with Crippen molar-refractivity contribution < 1.29 is 4.79 Å². The van der Waals surface area contributed by atoms with Gasteiger partial charge in [0.05, 0.1) is 12.1 Å². The summed E-state index contributed by atoms with van der Waals surface area (Å²) in [4.78, 5) is 20.6. The van der Waals surface area contributed by atoms with Crippen LogP contribution in [0.2, 0.25) is 0 Å². The van der Waals surface area contributed by atoms with Crippen molar-refractivity contribution in [3.8, 4) is 0 Å². The number of anilines is 2. The number of fused-ring (bicyclic) bond motifs is 1. The minimum Gasteiger partial charge on any atom is -0.360 e. The SMILES string of the molecule is Cc1ccc(NC(=O)CNc2ncnc3ccccc23)c(C)c1. The van der Waals surface area contributed by atoms with E-state index in [1.807, 2.05) is 56.3 Å². The summed E-state index contributed by atoms with van der Waals surface area (Å²) < 4.78 is 0. The van der Waals surface area contributed by atoms with Crippen LogP contribution in [0.4, 0.5) is 11.5 Å². The first-order chi connectivity index (χ1) is 11.1. The van der Waals surface area contributed by atoms with Gasteiger partial charge in [0.2, 0.25) is 5.91 Å². The Labute approximate surface area is 134 Å². The number of aryl methyl sites for hydroxylation is 2. The molecule has 5 heteroatoms. The van der Waals surface area contributed by atoms with E-state index in [1.165, 1.54) is 11.9 Å². The Bertz CT molecular complexity index is 855. The second-order valence-corrected chi connectivity index (χ2v) is 5.46. The third-order valence-corrected chi connectivity index (χ3v) is 3.62. The summed E-state index contributed by atoms with van der Waals surface area (Å²) in [7, 11) is 0. The first kappa shape index (κ1) is 15.0. The van der Waals surface area contributed by atoms with Crippen LogP contribution in [-0.4, -0.2) is 22.4 Å². The van der Waals surface area contributed by atoms with E-state index < -0.39 is 0 Å². The number of hydrogen-bond acceptors (Lipinski definition) is 4. The molecule has 0 radical (unpaired) electrons. The van der Waals surface area contributed by atoms with Crippen molar-refractivity contribution in [2.24, 2.45) is 0 Å². The Morgan fingerprint density at radius 2 is 1.91 bits per heavy atom. The number of benzene rings is 2. The maximum Gasteiger partial charge on any atom is 0.243 e. The van der Waals surface area contributed by atoms with Gasteiger partial charge in [-0.2, -0.15) is 0 Å². The molecule has 0 spiro atoms. The van der Waals surface area contributed by atoms with E-state index >= 15 is 0 Å². The maximum atomic E-state index is 12.1. The Morgan fingerprint density at radius 3 is 2.74 bits per heavy atom. The summed E-state index contributed by atoms with van der Waals surface area (Å²) in [5.74, 6) is 0.547. The van der Waals surface area contributed by atoms with E-state index in [9.17, 15) is 4.79 Å². The van der Waals surface area contributed by atoms with Gasteiger partial charge in [-0.05, 0) is 37.6 Å². The van der Waals surface area contributed by atoms with Crippen LogP contribution in [0.15, 0.2) is 48.8 Å². The minimum absolute atomic E-state index is 0.111. The monoisotopic (exact) mass is 306 g/mol. The van der Waals surface area contributed by atoms with E-state index in [1.54, 1.807) is 0 Å². The number of carbonyl (C=O) groups excluding carboxylic acids is 1. The number of nitrogens with one attached hydrogen (secondary N) is 2. The largest absolute Gasteiger partial charge is 0.360 e. The van der Waals surface area contributed by atoms with E-state index in [4.69, 9.17) is 0 Å². The molecule has 0 unspecified atom stereocenters. The summed E-state index contributed by atoms with van der Waals surface area (Å²) in [6.45, 7) is 4.16. The van der Waals surface area contributed by atoms with Crippen LogP contribution in [0.3, 0.4) is 0 Å². The van der Waals surface area contributed by atoms with Gasteiger partial charge in [0, 0.05) is 11.1 Å². The molecular formula is C18H18N4O. The van der Waals surface area contributed by atoms with Crippen LogP contribution in [-0.2, 0) is 4.79 Å². The van der Waals surface area contributed by atoms with Crippen LogP contribution in [0.5, 0.6) is 0 Å². The highest BCUT2D eigenvalue weighted by molar-refractivity contribution is 5.96. The summed E-state index contributed by atoms with van der Waals surface area (Å²) in [5, 5.41) is 6.88. The Balaban J connectivity index is 1.69. The molecule has 3 rings (SSSR count). The quantitative estimate of drug-likeness (QED) is 0.776. The highest BCUT2D eigenvalue weighted by atomic mass is 16.1. The van der Waals surface area contributed by atoms with E-state index in [-0.39, 0.29) is 12.5 Å². The van der Waals surface area contributed by atoms with Crippen LogP contribution in [0.1, 0.15) is 11.1 Å². The van der Waals surface area contributed by atoms with Crippen LogP contribution >= 0.6 is 0 Å².